The summed E-state index contributed by atoms with van der Waals surface area (Å²) in [5.41, 5.74) is 3.69. The molecule has 1 aliphatic heterocycles. The minimum atomic E-state index is -0.187. The first-order valence-electron chi connectivity index (χ1n) is 9.93. The van der Waals surface area contributed by atoms with Gasteiger partial charge in [0.05, 0.1) is 49.1 Å². The molecule has 1 aromatic carbocycles. The van der Waals surface area contributed by atoms with Crippen molar-refractivity contribution in [2.24, 2.45) is 0 Å². The molecule has 0 aliphatic carbocycles. The number of nitrogens with zero attached hydrogens (tertiary/aromatic N) is 4. The number of carbonyl (C=O) groups is 1. The summed E-state index contributed by atoms with van der Waals surface area (Å²) in [5.74, 6) is 0.345. The molecule has 0 atom stereocenters. The van der Waals surface area contributed by atoms with E-state index in [1.807, 2.05) is 41.9 Å². The lowest BCUT2D eigenvalue weighted by Gasteiger charge is -2.28. The van der Waals surface area contributed by atoms with Gasteiger partial charge in [0.25, 0.3) is 5.91 Å². The highest BCUT2D eigenvalue weighted by Crippen LogP contribution is 2.18. The molecule has 7 nitrogen and oxygen atoms in total. The molecular weight excluding hydrogens is 366 g/mol. The van der Waals surface area contributed by atoms with Crippen molar-refractivity contribution in [3.63, 3.8) is 0 Å². The van der Waals surface area contributed by atoms with Crippen LogP contribution in [0.25, 0.3) is 0 Å². The van der Waals surface area contributed by atoms with Gasteiger partial charge in [0.1, 0.15) is 5.82 Å². The van der Waals surface area contributed by atoms with Gasteiger partial charge in [-0.1, -0.05) is 37.3 Å². The van der Waals surface area contributed by atoms with Crippen LogP contribution in [-0.4, -0.2) is 47.0 Å². The first-order valence-corrected chi connectivity index (χ1v) is 9.93. The van der Waals surface area contributed by atoms with Crippen LogP contribution in [-0.2, 0) is 17.7 Å². The summed E-state index contributed by atoms with van der Waals surface area (Å²) in [5, 5.41) is 7.33. The number of carbonyl (C=O) groups excluding carboxylic acids is 1. The van der Waals surface area contributed by atoms with E-state index in [0.29, 0.717) is 17.9 Å². The Labute approximate surface area is 170 Å². The number of anilines is 2. The SMILES string of the molecule is CCc1c(C(=O)Nc2ccc(N3CCOCC3)cn2)cnn1Cc1ccccc1. The molecule has 0 spiro atoms. The van der Waals surface area contributed by atoms with Crippen LogP contribution >= 0.6 is 0 Å². The lowest BCUT2D eigenvalue weighted by Crippen LogP contribution is -2.36. The average molecular weight is 391 g/mol. The van der Waals surface area contributed by atoms with E-state index in [2.05, 4.69) is 32.4 Å². The van der Waals surface area contributed by atoms with Crippen LogP contribution in [0.15, 0.2) is 54.9 Å². The Morgan fingerprint density at radius 1 is 1.10 bits per heavy atom. The van der Waals surface area contributed by atoms with Crippen LogP contribution in [0.5, 0.6) is 0 Å². The molecule has 7 heteroatoms. The van der Waals surface area contributed by atoms with Crippen molar-refractivity contribution < 1.29 is 9.53 Å². The molecule has 3 heterocycles. The van der Waals surface area contributed by atoms with E-state index in [-0.39, 0.29) is 5.91 Å². The molecule has 2 aromatic heterocycles. The predicted octanol–water partition coefficient (Wildman–Crippen LogP) is 2.98. The fourth-order valence-electron chi connectivity index (χ4n) is 3.52. The second-order valence-electron chi connectivity index (χ2n) is 6.96. The lowest BCUT2D eigenvalue weighted by atomic mass is 10.1. The van der Waals surface area contributed by atoms with Gasteiger partial charge in [0, 0.05) is 13.1 Å². The van der Waals surface area contributed by atoms with Crippen LogP contribution in [0, 0.1) is 0 Å². The monoisotopic (exact) mass is 391 g/mol. The third kappa shape index (κ3) is 4.46. The Hall–Kier alpha value is -3.19. The highest BCUT2D eigenvalue weighted by molar-refractivity contribution is 6.04. The molecule has 0 bridgehead atoms. The number of benzene rings is 1. The zero-order valence-electron chi connectivity index (χ0n) is 16.5. The van der Waals surface area contributed by atoms with Crippen LogP contribution in [0.2, 0.25) is 0 Å². The summed E-state index contributed by atoms with van der Waals surface area (Å²) in [6, 6.07) is 13.9. The van der Waals surface area contributed by atoms with E-state index in [1.54, 1.807) is 12.4 Å². The van der Waals surface area contributed by atoms with Gasteiger partial charge >= 0.3 is 0 Å². The zero-order valence-corrected chi connectivity index (χ0v) is 16.5. The number of rotatable bonds is 6. The van der Waals surface area contributed by atoms with E-state index >= 15 is 0 Å². The third-order valence-electron chi connectivity index (χ3n) is 5.07. The maximum Gasteiger partial charge on any atom is 0.260 e. The molecule has 4 rings (SSSR count). The van der Waals surface area contributed by atoms with Crippen molar-refractivity contribution >= 4 is 17.4 Å². The number of nitrogens with one attached hydrogen (secondary N) is 1. The third-order valence-corrected chi connectivity index (χ3v) is 5.07. The molecule has 1 fully saturated rings. The second kappa shape index (κ2) is 8.87. The summed E-state index contributed by atoms with van der Waals surface area (Å²) >= 11 is 0. The molecule has 29 heavy (non-hydrogen) atoms. The highest BCUT2D eigenvalue weighted by atomic mass is 16.5. The average Bonchev–Trinajstić information content (AvgIpc) is 3.18. The highest BCUT2D eigenvalue weighted by Gasteiger charge is 2.17. The van der Waals surface area contributed by atoms with Crippen molar-refractivity contribution in [1.29, 1.82) is 0 Å². The Bertz CT molecular complexity index is 947. The van der Waals surface area contributed by atoms with Crippen molar-refractivity contribution in [1.82, 2.24) is 14.8 Å². The molecule has 150 valence electrons. The van der Waals surface area contributed by atoms with Crippen LogP contribution in [0.3, 0.4) is 0 Å². The van der Waals surface area contributed by atoms with Gasteiger partial charge < -0.3 is 15.0 Å². The number of ether oxygens (including phenoxy) is 1. The van der Waals surface area contributed by atoms with E-state index in [9.17, 15) is 4.79 Å². The van der Waals surface area contributed by atoms with Gasteiger partial charge in [-0.2, -0.15) is 5.10 Å². The quantitative estimate of drug-likeness (QED) is 0.699. The number of hydrogen-bond acceptors (Lipinski definition) is 5. The number of morpholine rings is 1. The summed E-state index contributed by atoms with van der Waals surface area (Å²) < 4.78 is 7.27. The molecule has 0 saturated carbocycles. The smallest absolute Gasteiger partial charge is 0.260 e. The molecule has 0 unspecified atom stereocenters. The van der Waals surface area contributed by atoms with E-state index in [1.165, 1.54) is 0 Å². The molecular formula is C22H25N5O2. The van der Waals surface area contributed by atoms with Crippen molar-refractivity contribution in [2.45, 2.75) is 19.9 Å². The standard InChI is InChI=1S/C22H25N5O2/c1-2-20-19(15-24-27(20)16-17-6-4-3-5-7-17)22(28)25-21-9-8-18(14-23-21)26-10-12-29-13-11-26/h3-9,14-15H,2,10-13,16H2,1H3,(H,23,25,28). The number of pyridine rings is 1. The summed E-state index contributed by atoms with van der Waals surface area (Å²) in [7, 11) is 0. The maximum atomic E-state index is 12.8. The number of amides is 1. The Balaban J connectivity index is 1.45. The van der Waals surface area contributed by atoms with Crippen molar-refractivity contribution in [2.75, 3.05) is 36.5 Å². The molecule has 0 radical (unpaired) electrons. The second-order valence-corrected chi connectivity index (χ2v) is 6.96. The van der Waals surface area contributed by atoms with E-state index in [4.69, 9.17) is 4.74 Å². The first kappa shape index (κ1) is 19.1. The molecule has 1 aliphatic rings. The fourth-order valence-corrected chi connectivity index (χ4v) is 3.52. The summed E-state index contributed by atoms with van der Waals surface area (Å²) in [6.07, 6.45) is 4.15. The Kier molecular flexibility index (Phi) is 5.86. The minimum absolute atomic E-state index is 0.187. The van der Waals surface area contributed by atoms with Crippen molar-refractivity contribution in [3.8, 4) is 0 Å². The van der Waals surface area contributed by atoms with Gasteiger partial charge in [0.15, 0.2) is 0 Å². The fraction of sp³-hybridized carbons (Fsp3) is 0.318. The summed E-state index contributed by atoms with van der Waals surface area (Å²) in [6.45, 7) is 5.84. The molecule has 1 amide bonds. The van der Waals surface area contributed by atoms with Crippen LogP contribution in [0.4, 0.5) is 11.5 Å². The van der Waals surface area contributed by atoms with Gasteiger partial charge in [-0.3, -0.25) is 9.48 Å². The Morgan fingerprint density at radius 2 is 1.90 bits per heavy atom. The predicted molar refractivity (Wildman–Crippen MR) is 112 cm³/mol. The Morgan fingerprint density at radius 3 is 2.59 bits per heavy atom. The topological polar surface area (TPSA) is 72.3 Å². The number of aromatic nitrogens is 3. The zero-order chi connectivity index (χ0) is 20.1. The van der Waals surface area contributed by atoms with Gasteiger partial charge in [0.2, 0.25) is 0 Å². The lowest BCUT2D eigenvalue weighted by molar-refractivity contribution is 0.102. The first-order chi connectivity index (χ1) is 14.2. The van der Waals surface area contributed by atoms with E-state index < -0.39 is 0 Å². The number of hydrogen-bond donors (Lipinski definition) is 1. The van der Waals surface area contributed by atoms with Crippen LogP contribution < -0.4 is 10.2 Å². The normalized spacial score (nSPS) is 14.0. The molecule has 1 saturated heterocycles. The van der Waals surface area contributed by atoms with Gasteiger partial charge in [-0.15, -0.1) is 0 Å². The largest absolute Gasteiger partial charge is 0.378 e. The van der Waals surface area contributed by atoms with E-state index in [0.717, 1.165) is 49.7 Å². The minimum Gasteiger partial charge on any atom is -0.378 e. The van der Waals surface area contributed by atoms with Crippen molar-refractivity contribution in [3.05, 3.63) is 71.7 Å². The molecule has 1 N–H and O–H groups in total. The summed E-state index contributed by atoms with van der Waals surface area (Å²) in [4.78, 5) is 19.4. The maximum absolute atomic E-state index is 12.8. The van der Waals surface area contributed by atoms with Crippen LogP contribution in [0.1, 0.15) is 28.5 Å². The molecule has 3 aromatic rings. The van der Waals surface area contributed by atoms with Gasteiger partial charge in [-0.05, 0) is 24.1 Å². The van der Waals surface area contributed by atoms with Gasteiger partial charge in [-0.25, -0.2) is 4.98 Å².